The van der Waals surface area contributed by atoms with E-state index < -0.39 is 0 Å². The van der Waals surface area contributed by atoms with Crippen LogP contribution < -0.4 is 5.32 Å². The molecule has 4 heteroatoms. The number of aryl methyl sites for hydroxylation is 1. The number of rotatable bonds is 1. The highest BCUT2D eigenvalue weighted by Crippen LogP contribution is 2.32. The molecule has 0 unspecified atom stereocenters. The smallest absolute Gasteiger partial charge is 0.224 e. The molecule has 0 saturated carbocycles. The average molecular weight is 228 g/mol. The fraction of sp³-hybridized carbons (Fsp3) is 0.231. The van der Waals surface area contributed by atoms with Gasteiger partial charge in [0.2, 0.25) is 5.91 Å². The van der Waals surface area contributed by atoms with E-state index in [2.05, 4.69) is 10.5 Å². The summed E-state index contributed by atoms with van der Waals surface area (Å²) in [6.45, 7) is 0. The molecule has 0 saturated heterocycles. The van der Waals surface area contributed by atoms with E-state index in [0.717, 1.165) is 35.5 Å². The topological polar surface area (TPSA) is 55.1 Å². The van der Waals surface area contributed by atoms with Gasteiger partial charge in [0.25, 0.3) is 0 Å². The number of benzene rings is 1. The third-order valence-corrected chi connectivity index (χ3v) is 2.88. The molecule has 1 amide bonds. The van der Waals surface area contributed by atoms with Crippen LogP contribution in [0.1, 0.15) is 18.6 Å². The Bertz CT molecular complexity index is 546. The number of fused-ring (bicyclic) bond motifs is 1. The third-order valence-electron chi connectivity index (χ3n) is 2.88. The Morgan fingerprint density at radius 3 is 2.82 bits per heavy atom. The predicted octanol–water partition coefficient (Wildman–Crippen LogP) is 2.62. The highest BCUT2D eigenvalue weighted by atomic mass is 16.5. The quantitative estimate of drug-likeness (QED) is 0.816. The number of hydrogen-bond donors (Lipinski definition) is 1. The largest absolute Gasteiger partial charge is 0.358 e. The van der Waals surface area contributed by atoms with Crippen LogP contribution in [0.2, 0.25) is 0 Å². The zero-order valence-electron chi connectivity index (χ0n) is 9.27. The van der Waals surface area contributed by atoms with Gasteiger partial charge in [-0.3, -0.25) is 4.79 Å². The maximum atomic E-state index is 11.5. The molecule has 3 rings (SSSR count). The van der Waals surface area contributed by atoms with Gasteiger partial charge in [0, 0.05) is 18.4 Å². The fourth-order valence-corrected chi connectivity index (χ4v) is 2.03. The molecule has 4 nitrogen and oxygen atoms in total. The van der Waals surface area contributed by atoms with Crippen molar-refractivity contribution in [2.24, 2.45) is 0 Å². The van der Waals surface area contributed by atoms with Crippen molar-refractivity contribution in [3.05, 3.63) is 36.1 Å². The monoisotopic (exact) mass is 228 g/mol. The lowest BCUT2D eigenvalue weighted by molar-refractivity contribution is -0.116. The van der Waals surface area contributed by atoms with Crippen molar-refractivity contribution in [1.82, 2.24) is 5.16 Å². The van der Waals surface area contributed by atoms with Crippen molar-refractivity contribution in [2.75, 3.05) is 5.32 Å². The van der Waals surface area contributed by atoms with Crippen molar-refractivity contribution in [2.45, 2.75) is 19.3 Å². The van der Waals surface area contributed by atoms with E-state index in [0.29, 0.717) is 6.42 Å². The molecule has 1 aromatic heterocycles. The standard InChI is InChI=1S/C13H12N2O2/c16-11-8-4-7-10-13(14-11)12(15-17-10)9-5-2-1-3-6-9/h1-3,5-6H,4,7-8H2,(H,14,16). The highest BCUT2D eigenvalue weighted by Gasteiger charge is 2.22. The Morgan fingerprint density at radius 2 is 2.00 bits per heavy atom. The Morgan fingerprint density at radius 1 is 1.18 bits per heavy atom. The summed E-state index contributed by atoms with van der Waals surface area (Å²) in [7, 11) is 0. The molecular formula is C13H12N2O2. The summed E-state index contributed by atoms with van der Waals surface area (Å²) in [6.07, 6.45) is 2.11. The summed E-state index contributed by atoms with van der Waals surface area (Å²) < 4.78 is 5.31. The Hall–Kier alpha value is -2.10. The van der Waals surface area contributed by atoms with Crippen molar-refractivity contribution < 1.29 is 9.32 Å². The summed E-state index contributed by atoms with van der Waals surface area (Å²) in [5.41, 5.74) is 2.41. The molecule has 0 fully saturated rings. The normalized spacial score (nSPS) is 14.9. The number of amides is 1. The van der Waals surface area contributed by atoms with Gasteiger partial charge in [-0.1, -0.05) is 35.5 Å². The first-order valence-electron chi connectivity index (χ1n) is 5.68. The molecule has 1 aliphatic heterocycles. The molecule has 86 valence electrons. The Balaban J connectivity index is 2.08. The molecule has 2 aromatic rings. The van der Waals surface area contributed by atoms with E-state index in [1.807, 2.05) is 30.3 Å². The van der Waals surface area contributed by atoms with Crippen LogP contribution >= 0.6 is 0 Å². The van der Waals surface area contributed by atoms with Crippen LogP contribution in [0.25, 0.3) is 11.3 Å². The predicted molar refractivity (Wildman–Crippen MR) is 63.5 cm³/mol. The SMILES string of the molecule is O=C1CCCc2onc(-c3ccccc3)c2N1. The summed E-state index contributed by atoms with van der Waals surface area (Å²) >= 11 is 0. The number of aromatic nitrogens is 1. The zero-order chi connectivity index (χ0) is 11.7. The van der Waals surface area contributed by atoms with Crippen LogP contribution in [0.3, 0.4) is 0 Å². The number of nitrogens with one attached hydrogen (secondary N) is 1. The molecule has 2 heterocycles. The van der Waals surface area contributed by atoms with Crippen LogP contribution in [-0.2, 0) is 11.2 Å². The minimum atomic E-state index is 0.0316. The second kappa shape index (κ2) is 4.05. The number of anilines is 1. The van der Waals surface area contributed by atoms with E-state index in [-0.39, 0.29) is 5.91 Å². The van der Waals surface area contributed by atoms with Gasteiger partial charge in [-0.05, 0) is 6.42 Å². The summed E-state index contributed by atoms with van der Waals surface area (Å²) in [6, 6.07) is 9.73. The van der Waals surface area contributed by atoms with Gasteiger partial charge >= 0.3 is 0 Å². The number of nitrogens with zero attached hydrogens (tertiary/aromatic N) is 1. The third kappa shape index (κ3) is 1.82. The van der Waals surface area contributed by atoms with Crippen LogP contribution in [0.4, 0.5) is 5.69 Å². The molecule has 1 N–H and O–H groups in total. The second-order valence-electron chi connectivity index (χ2n) is 4.10. The number of hydrogen-bond acceptors (Lipinski definition) is 3. The maximum absolute atomic E-state index is 11.5. The van der Waals surface area contributed by atoms with Gasteiger partial charge in [0.15, 0.2) is 5.76 Å². The minimum Gasteiger partial charge on any atom is -0.358 e. The molecule has 1 aliphatic rings. The van der Waals surface area contributed by atoms with Crippen molar-refractivity contribution in [3.63, 3.8) is 0 Å². The molecule has 1 aromatic carbocycles. The first-order valence-corrected chi connectivity index (χ1v) is 5.68. The first kappa shape index (κ1) is 10.1. The van der Waals surface area contributed by atoms with E-state index in [1.165, 1.54) is 0 Å². The van der Waals surface area contributed by atoms with E-state index >= 15 is 0 Å². The van der Waals surface area contributed by atoms with E-state index in [1.54, 1.807) is 0 Å². The zero-order valence-corrected chi connectivity index (χ0v) is 9.27. The summed E-state index contributed by atoms with van der Waals surface area (Å²) in [4.78, 5) is 11.5. The Labute approximate surface area is 98.6 Å². The molecule has 0 radical (unpaired) electrons. The van der Waals surface area contributed by atoms with Crippen LogP contribution in [-0.4, -0.2) is 11.1 Å². The molecular weight excluding hydrogens is 216 g/mol. The minimum absolute atomic E-state index is 0.0316. The fourth-order valence-electron chi connectivity index (χ4n) is 2.03. The van der Waals surface area contributed by atoms with Crippen LogP contribution in [0.15, 0.2) is 34.9 Å². The van der Waals surface area contributed by atoms with Gasteiger partial charge in [0.05, 0.1) is 0 Å². The lowest BCUT2D eigenvalue weighted by atomic mass is 10.1. The summed E-state index contributed by atoms with van der Waals surface area (Å²) in [5, 5.41) is 6.93. The molecule has 0 spiro atoms. The van der Waals surface area contributed by atoms with E-state index in [9.17, 15) is 4.79 Å². The molecule has 0 aliphatic carbocycles. The van der Waals surface area contributed by atoms with Crippen molar-refractivity contribution in [3.8, 4) is 11.3 Å². The molecule has 0 bridgehead atoms. The van der Waals surface area contributed by atoms with Crippen LogP contribution in [0.5, 0.6) is 0 Å². The van der Waals surface area contributed by atoms with Crippen molar-refractivity contribution >= 4 is 11.6 Å². The van der Waals surface area contributed by atoms with Gasteiger partial charge in [-0.2, -0.15) is 0 Å². The second-order valence-corrected chi connectivity index (χ2v) is 4.10. The lowest BCUT2D eigenvalue weighted by Gasteiger charge is -2.02. The number of carbonyl (C=O) groups is 1. The summed E-state index contributed by atoms with van der Waals surface area (Å²) in [5.74, 6) is 0.804. The number of carbonyl (C=O) groups excluding carboxylic acids is 1. The average Bonchev–Trinajstić information content (AvgIpc) is 2.64. The maximum Gasteiger partial charge on any atom is 0.224 e. The van der Waals surface area contributed by atoms with Crippen molar-refractivity contribution in [1.29, 1.82) is 0 Å². The van der Waals surface area contributed by atoms with Gasteiger partial charge in [0.1, 0.15) is 11.4 Å². The van der Waals surface area contributed by atoms with Gasteiger partial charge in [-0.25, -0.2) is 0 Å². The molecule has 0 atom stereocenters. The molecule has 17 heavy (non-hydrogen) atoms. The van der Waals surface area contributed by atoms with E-state index in [4.69, 9.17) is 4.52 Å². The van der Waals surface area contributed by atoms with Gasteiger partial charge < -0.3 is 9.84 Å². The van der Waals surface area contributed by atoms with Crippen LogP contribution in [0, 0.1) is 0 Å². The van der Waals surface area contributed by atoms with Gasteiger partial charge in [-0.15, -0.1) is 0 Å². The first-order chi connectivity index (χ1) is 8.34. The highest BCUT2D eigenvalue weighted by molar-refractivity contribution is 5.95. The lowest BCUT2D eigenvalue weighted by Crippen LogP contribution is -2.09. The Kier molecular flexibility index (Phi) is 2.40.